The Labute approximate surface area is 113 Å². The van der Waals surface area contributed by atoms with Crippen LogP contribution in [0.1, 0.15) is 32.3 Å². The monoisotopic (exact) mass is 267 g/mol. The van der Waals surface area contributed by atoms with Gasteiger partial charge in [-0.1, -0.05) is 25.4 Å². The number of nitriles is 1. The fourth-order valence-corrected chi connectivity index (χ4v) is 1.92. The minimum Gasteiger partial charge on any atom is -0.396 e. The van der Waals surface area contributed by atoms with Gasteiger partial charge in [-0.2, -0.15) is 5.26 Å². The molecule has 5 heteroatoms. The molecule has 0 radical (unpaired) electrons. The van der Waals surface area contributed by atoms with Crippen LogP contribution in [0.4, 0.5) is 5.82 Å². The summed E-state index contributed by atoms with van der Waals surface area (Å²) in [7, 11) is 0. The van der Waals surface area contributed by atoms with Crippen molar-refractivity contribution in [2.45, 2.75) is 26.7 Å². The van der Waals surface area contributed by atoms with Crippen molar-refractivity contribution in [1.29, 1.82) is 5.26 Å². The molecular weight excluding hydrogens is 250 g/mol. The number of hydrogen-bond acceptors (Lipinski definition) is 4. The van der Waals surface area contributed by atoms with Crippen molar-refractivity contribution in [3.8, 4) is 6.07 Å². The van der Waals surface area contributed by atoms with E-state index in [2.05, 4.69) is 10.3 Å². The Morgan fingerprint density at radius 1 is 1.44 bits per heavy atom. The maximum absolute atomic E-state index is 9.47. The van der Waals surface area contributed by atoms with E-state index in [-0.39, 0.29) is 12.0 Å². The summed E-state index contributed by atoms with van der Waals surface area (Å²) in [6, 6.07) is 5.21. The minimum absolute atomic E-state index is 0.124. The fraction of sp³-hybridized carbons (Fsp3) is 0.538. The third-order valence-corrected chi connectivity index (χ3v) is 3.60. The molecule has 1 aromatic heterocycles. The average molecular weight is 268 g/mol. The number of anilines is 1. The van der Waals surface area contributed by atoms with Crippen LogP contribution in [0.2, 0.25) is 5.15 Å². The van der Waals surface area contributed by atoms with Crippen molar-refractivity contribution in [1.82, 2.24) is 4.98 Å². The predicted molar refractivity (Wildman–Crippen MR) is 72.6 cm³/mol. The van der Waals surface area contributed by atoms with E-state index >= 15 is 0 Å². The molecule has 0 bridgehead atoms. The zero-order chi connectivity index (χ0) is 13.6. The van der Waals surface area contributed by atoms with Gasteiger partial charge in [-0.25, -0.2) is 4.98 Å². The Hall–Kier alpha value is -1.31. The highest BCUT2D eigenvalue weighted by molar-refractivity contribution is 6.29. The third kappa shape index (κ3) is 3.59. The second-order valence-electron chi connectivity index (χ2n) is 4.39. The van der Waals surface area contributed by atoms with Crippen molar-refractivity contribution in [2.24, 2.45) is 5.41 Å². The van der Waals surface area contributed by atoms with Crippen LogP contribution in [0.3, 0.4) is 0 Å². The summed E-state index contributed by atoms with van der Waals surface area (Å²) in [5.74, 6) is 0.568. The lowest BCUT2D eigenvalue weighted by Gasteiger charge is -2.29. The van der Waals surface area contributed by atoms with Crippen LogP contribution < -0.4 is 5.32 Å². The topological polar surface area (TPSA) is 68.9 Å². The van der Waals surface area contributed by atoms with Gasteiger partial charge in [-0.15, -0.1) is 0 Å². The Kier molecular flexibility index (Phi) is 5.39. The van der Waals surface area contributed by atoms with E-state index in [1.807, 2.05) is 19.9 Å². The summed E-state index contributed by atoms with van der Waals surface area (Å²) in [6.07, 6.45) is 1.75. The first-order valence-electron chi connectivity index (χ1n) is 6.01. The molecule has 1 rings (SSSR count). The van der Waals surface area contributed by atoms with Crippen LogP contribution in [0.15, 0.2) is 12.1 Å². The minimum atomic E-state index is -0.156. The molecule has 2 N–H and O–H groups in total. The standard InChI is InChI=1S/C13H18ClN3O/c1-3-13(4-2,9-18)8-16-12-6-10(7-15)5-11(14)17-12/h5-6,18H,3-4,8-9H2,1-2H3,(H,16,17). The number of hydrogen-bond donors (Lipinski definition) is 2. The van der Waals surface area contributed by atoms with Crippen molar-refractivity contribution < 1.29 is 5.11 Å². The van der Waals surface area contributed by atoms with Crippen molar-refractivity contribution in [3.05, 3.63) is 22.8 Å². The van der Waals surface area contributed by atoms with Gasteiger partial charge in [0, 0.05) is 12.0 Å². The summed E-state index contributed by atoms with van der Waals surface area (Å²) in [6.45, 7) is 4.83. The zero-order valence-corrected chi connectivity index (χ0v) is 11.5. The summed E-state index contributed by atoms with van der Waals surface area (Å²) < 4.78 is 0. The Morgan fingerprint density at radius 3 is 2.61 bits per heavy atom. The number of aliphatic hydroxyl groups excluding tert-OH is 1. The zero-order valence-electron chi connectivity index (χ0n) is 10.7. The van der Waals surface area contributed by atoms with E-state index in [0.717, 1.165) is 12.8 Å². The van der Waals surface area contributed by atoms with E-state index in [1.54, 1.807) is 6.07 Å². The third-order valence-electron chi connectivity index (χ3n) is 3.40. The smallest absolute Gasteiger partial charge is 0.132 e. The Morgan fingerprint density at radius 2 is 2.11 bits per heavy atom. The highest BCUT2D eigenvalue weighted by Crippen LogP contribution is 2.26. The van der Waals surface area contributed by atoms with Crippen LogP contribution >= 0.6 is 11.6 Å². The van der Waals surface area contributed by atoms with Gasteiger partial charge in [-0.05, 0) is 25.0 Å². The lowest BCUT2D eigenvalue weighted by molar-refractivity contribution is 0.127. The number of rotatable bonds is 6. The van der Waals surface area contributed by atoms with Crippen LogP contribution in [0, 0.1) is 16.7 Å². The first kappa shape index (κ1) is 14.7. The molecule has 0 aromatic carbocycles. The van der Waals surface area contributed by atoms with Crippen molar-refractivity contribution in [3.63, 3.8) is 0 Å². The van der Waals surface area contributed by atoms with Crippen LogP contribution in [-0.2, 0) is 0 Å². The molecule has 98 valence electrons. The summed E-state index contributed by atoms with van der Waals surface area (Å²) in [5.41, 5.74) is 0.316. The number of aliphatic hydroxyl groups is 1. The molecule has 0 aliphatic carbocycles. The van der Waals surface area contributed by atoms with Gasteiger partial charge < -0.3 is 10.4 Å². The van der Waals surface area contributed by atoms with Gasteiger partial charge in [0.1, 0.15) is 11.0 Å². The number of halogens is 1. The average Bonchev–Trinajstić information content (AvgIpc) is 2.40. The number of nitrogens with one attached hydrogen (secondary N) is 1. The summed E-state index contributed by atoms with van der Waals surface area (Å²) >= 11 is 5.83. The van der Waals surface area contributed by atoms with Crippen LogP contribution in [0.25, 0.3) is 0 Å². The van der Waals surface area contributed by atoms with Crippen LogP contribution in [-0.4, -0.2) is 23.2 Å². The summed E-state index contributed by atoms with van der Waals surface area (Å²) in [4.78, 5) is 4.11. The quantitative estimate of drug-likeness (QED) is 0.778. The van der Waals surface area contributed by atoms with E-state index < -0.39 is 0 Å². The molecule has 0 saturated heterocycles. The number of nitrogens with zero attached hydrogens (tertiary/aromatic N) is 2. The summed E-state index contributed by atoms with van der Waals surface area (Å²) in [5, 5.41) is 21.8. The lowest BCUT2D eigenvalue weighted by atomic mass is 9.83. The van der Waals surface area contributed by atoms with Gasteiger partial charge in [0.2, 0.25) is 0 Å². The Bertz CT molecular complexity index is 430. The highest BCUT2D eigenvalue weighted by Gasteiger charge is 2.25. The fourth-order valence-electron chi connectivity index (χ4n) is 1.71. The van der Waals surface area contributed by atoms with E-state index in [4.69, 9.17) is 16.9 Å². The molecule has 0 amide bonds. The van der Waals surface area contributed by atoms with Gasteiger partial charge in [0.15, 0.2) is 0 Å². The first-order valence-corrected chi connectivity index (χ1v) is 6.39. The molecule has 1 heterocycles. The van der Waals surface area contributed by atoms with Gasteiger partial charge >= 0.3 is 0 Å². The molecular formula is C13H18ClN3O. The van der Waals surface area contributed by atoms with E-state index in [1.165, 1.54) is 6.07 Å². The normalized spacial score (nSPS) is 11.1. The molecule has 0 fully saturated rings. The predicted octanol–water partition coefficient (Wildman–Crippen LogP) is 2.82. The lowest BCUT2D eigenvalue weighted by Crippen LogP contribution is -2.32. The molecule has 0 spiro atoms. The maximum Gasteiger partial charge on any atom is 0.132 e. The van der Waals surface area contributed by atoms with Gasteiger partial charge in [0.05, 0.1) is 18.2 Å². The maximum atomic E-state index is 9.47. The molecule has 18 heavy (non-hydrogen) atoms. The second-order valence-corrected chi connectivity index (χ2v) is 4.78. The van der Waals surface area contributed by atoms with Crippen molar-refractivity contribution >= 4 is 17.4 Å². The highest BCUT2D eigenvalue weighted by atomic mass is 35.5. The SMILES string of the molecule is CCC(CC)(CO)CNc1cc(C#N)cc(Cl)n1. The van der Waals surface area contributed by atoms with Gasteiger partial charge in [0.25, 0.3) is 0 Å². The first-order chi connectivity index (χ1) is 8.59. The molecule has 0 aliphatic rings. The van der Waals surface area contributed by atoms with Crippen molar-refractivity contribution in [2.75, 3.05) is 18.5 Å². The molecule has 0 unspecified atom stereocenters. The number of aromatic nitrogens is 1. The molecule has 4 nitrogen and oxygen atoms in total. The molecule has 0 saturated carbocycles. The second kappa shape index (κ2) is 6.58. The van der Waals surface area contributed by atoms with Crippen LogP contribution in [0.5, 0.6) is 0 Å². The van der Waals surface area contributed by atoms with Gasteiger partial charge in [-0.3, -0.25) is 0 Å². The number of pyridine rings is 1. The van der Waals surface area contributed by atoms with E-state index in [0.29, 0.717) is 23.1 Å². The Balaban J connectivity index is 2.80. The molecule has 0 aliphatic heterocycles. The molecule has 0 atom stereocenters. The van der Waals surface area contributed by atoms with E-state index in [9.17, 15) is 5.11 Å². The largest absolute Gasteiger partial charge is 0.396 e. The molecule has 1 aromatic rings.